The Balaban J connectivity index is 1.81. The minimum Gasteiger partial charge on any atom is -0.398 e. The van der Waals surface area contributed by atoms with Crippen LogP contribution in [0.15, 0.2) is 36.5 Å². The Morgan fingerprint density at radius 2 is 1.92 bits per heavy atom. The van der Waals surface area contributed by atoms with Crippen molar-refractivity contribution in [2.75, 3.05) is 18.8 Å². The number of fused-ring (bicyclic) bond motifs is 1. The number of hydrogen-bond donors (Lipinski definition) is 1. The summed E-state index contributed by atoms with van der Waals surface area (Å²) in [6, 6.07) is 9.39. The summed E-state index contributed by atoms with van der Waals surface area (Å²) in [5, 5.41) is 1.24. The van der Waals surface area contributed by atoms with E-state index in [-0.39, 0.29) is 0 Å². The maximum Gasteiger partial charge on any atom is 0.137 e. The fourth-order valence-electron chi connectivity index (χ4n) is 3.59. The van der Waals surface area contributed by atoms with Crippen molar-refractivity contribution in [1.82, 2.24) is 14.3 Å². The highest BCUT2D eigenvalue weighted by molar-refractivity contribution is 6.36. The molecule has 4 nitrogen and oxygen atoms in total. The molecule has 1 aliphatic rings. The minimum atomic E-state index is 0.613. The number of nitrogens with two attached hydrogens (primary N) is 1. The topological polar surface area (TPSA) is 46.6 Å². The van der Waals surface area contributed by atoms with E-state index in [0.717, 1.165) is 53.8 Å². The average Bonchev–Trinajstić information content (AvgIpc) is 2.94. The Hall–Kier alpha value is -1.75. The summed E-state index contributed by atoms with van der Waals surface area (Å²) in [6.07, 6.45) is 4.41. The fraction of sp³-hybridized carbons (Fsp3) is 0.350. The fourth-order valence-corrected chi connectivity index (χ4v) is 4.09. The molecule has 0 aliphatic carbocycles. The molecule has 1 fully saturated rings. The van der Waals surface area contributed by atoms with Crippen LogP contribution in [0.1, 0.15) is 25.5 Å². The lowest BCUT2D eigenvalue weighted by Crippen LogP contribution is -2.32. The van der Waals surface area contributed by atoms with E-state index in [0.29, 0.717) is 10.0 Å². The third-order valence-corrected chi connectivity index (χ3v) is 5.72. The summed E-state index contributed by atoms with van der Waals surface area (Å²) in [6.45, 7) is 5.35. The molecule has 0 radical (unpaired) electrons. The molecule has 2 aromatic heterocycles. The quantitative estimate of drug-likeness (QED) is 0.676. The van der Waals surface area contributed by atoms with E-state index in [1.165, 1.54) is 12.8 Å². The van der Waals surface area contributed by atoms with Gasteiger partial charge >= 0.3 is 0 Å². The molecule has 136 valence electrons. The largest absolute Gasteiger partial charge is 0.398 e. The standard InChI is InChI=1S/C20H22Cl2N4/c1-13-6-8-25(9-7-13)12-18-20(16-4-2-14(21)10-17(16)22)24-19-5-3-15(23)11-26(18)19/h2-5,10-11,13H,6-9,12,23H2,1H3. The molecule has 1 aliphatic heterocycles. The van der Waals surface area contributed by atoms with Crippen molar-refractivity contribution in [3.05, 3.63) is 52.3 Å². The van der Waals surface area contributed by atoms with Gasteiger partial charge in [0.1, 0.15) is 5.65 Å². The first kappa shape index (κ1) is 17.7. The maximum atomic E-state index is 6.48. The second-order valence-electron chi connectivity index (χ2n) is 7.18. The number of anilines is 1. The van der Waals surface area contributed by atoms with Crippen LogP contribution in [0.25, 0.3) is 16.9 Å². The number of aromatic nitrogens is 2. The van der Waals surface area contributed by atoms with Gasteiger partial charge in [-0.2, -0.15) is 0 Å². The van der Waals surface area contributed by atoms with Gasteiger partial charge in [-0.25, -0.2) is 4.98 Å². The number of rotatable bonds is 3. The molecule has 4 rings (SSSR count). The van der Waals surface area contributed by atoms with E-state index in [1.54, 1.807) is 6.07 Å². The summed E-state index contributed by atoms with van der Waals surface area (Å²) in [4.78, 5) is 7.33. The minimum absolute atomic E-state index is 0.613. The van der Waals surface area contributed by atoms with Crippen molar-refractivity contribution in [2.45, 2.75) is 26.3 Å². The monoisotopic (exact) mass is 388 g/mol. The van der Waals surface area contributed by atoms with Gasteiger partial charge in [-0.3, -0.25) is 4.90 Å². The second kappa shape index (κ2) is 7.10. The van der Waals surface area contributed by atoms with Gasteiger partial charge in [0.05, 0.1) is 16.4 Å². The van der Waals surface area contributed by atoms with Crippen LogP contribution >= 0.6 is 23.2 Å². The van der Waals surface area contributed by atoms with Gasteiger partial charge in [0.2, 0.25) is 0 Å². The van der Waals surface area contributed by atoms with Gasteiger partial charge in [0, 0.05) is 29.0 Å². The van der Waals surface area contributed by atoms with Crippen LogP contribution in [0.3, 0.4) is 0 Å². The molecule has 0 saturated carbocycles. The zero-order valence-corrected chi connectivity index (χ0v) is 16.3. The first-order valence-electron chi connectivity index (χ1n) is 8.95. The number of hydrogen-bond acceptors (Lipinski definition) is 3. The molecular formula is C20H22Cl2N4. The second-order valence-corrected chi connectivity index (χ2v) is 8.02. The molecule has 1 saturated heterocycles. The lowest BCUT2D eigenvalue weighted by Gasteiger charge is -2.30. The first-order valence-corrected chi connectivity index (χ1v) is 9.71. The molecule has 1 aromatic carbocycles. The van der Waals surface area contributed by atoms with Crippen LogP contribution in [-0.2, 0) is 6.54 Å². The number of nitrogen functional groups attached to an aromatic ring is 1. The summed E-state index contributed by atoms with van der Waals surface area (Å²) < 4.78 is 2.09. The smallest absolute Gasteiger partial charge is 0.137 e. The van der Waals surface area contributed by atoms with E-state index in [2.05, 4.69) is 16.2 Å². The molecule has 0 atom stereocenters. The Labute approximate surface area is 163 Å². The van der Waals surface area contributed by atoms with E-state index in [4.69, 9.17) is 33.9 Å². The van der Waals surface area contributed by atoms with Crippen LogP contribution in [0.2, 0.25) is 10.0 Å². The normalized spacial score (nSPS) is 16.4. The van der Waals surface area contributed by atoms with E-state index < -0.39 is 0 Å². The van der Waals surface area contributed by atoms with Gasteiger partial charge in [-0.05, 0) is 62.2 Å². The van der Waals surface area contributed by atoms with Gasteiger partial charge in [-0.1, -0.05) is 30.1 Å². The van der Waals surface area contributed by atoms with Crippen LogP contribution in [0.4, 0.5) is 5.69 Å². The Kier molecular flexibility index (Phi) is 4.82. The SMILES string of the molecule is CC1CCN(Cc2c(-c3ccc(Cl)cc3Cl)nc3ccc(N)cn23)CC1. The van der Waals surface area contributed by atoms with Crippen molar-refractivity contribution in [1.29, 1.82) is 0 Å². The van der Waals surface area contributed by atoms with E-state index in [1.807, 2.05) is 30.5 Å². The molecule has 0 bridgehead atoms. The van der Waals surface area contributed by atoms with Crippen molar-refractivity contribution in [3.8, 4) is 11.3 Å². The molecule has 0 amide bonds. The van der Waals surface area contributed by atoms with Crippen molar-refractivity contribution in [3.63, 3.8) is 0 Å². The number of benzene rings is 1. The Bertz CT molecular complexity index is 942. The maximum absolute atomic E-state index is 6.48. The summed E-state index contributed by atoms with van der Waals surface area (Å²) in [5.41, 5.74) is 10.5. The van der Waals surface area contributed by atoms with Gasteiger partial charge < -0.3 is 10.1 Å². The molecule has 0 spiro atoms. The number of halogens is 2. The van der Waals surface area contributed by atoms with E-state index in [9.17, 15) is 0 Å². The lowest BCUT2D eigenvalue weighted by molar-refractivity contribution is 0.183. The molecular weight excluding hydrogens is 367 g/mol. The number of pyridine rings is 1. The highest BCUT2D eigenvalue weighted by Crippen LogP contribution is 2.34. The molecule has 2 N–H and O–H groups in total. The third kappa shape index (κ3) is 3.41. The predicted molar refractivity (Wildman–Crippen MR) is 109 cm³/mol. The summed E-state index contributed by atoms with van der Waals surface area (Å²) in [5.74, 6) is 0.800. The highest BCUT2D eigenvalue weighted by Gasteiger charge is 2.22. The number of piperidine rings is 1. The zero-order valence-electron chi connectivity index (χ0n) is 14.8. The molecule has 26 heavy (non-hydrogen) atoms. The number of likely N-dealkylation sites (tertiary alicyclic amines) is 1. The van der Waals surface area contributed by atoms with Crippen LogP contribution in [0, 0.1) is 5.92 Å². The Morgan fingerprint density at radius 1 is 1.15 bits per heavy atom. The van der Waals surface area contributed by atoms with Crippen LogP contribution < -0.4 is 5.73 Å². The van der Waals surface area contributed by atoms with Crippen molar-refractivity contribution < 1.29 is 0 Å². The first-order chi connectivity index (χ1) is 12.5. The van der Waals surface area contributed by atoms with Crippen molar-refractivity contribution >= 4 is 34.5 Å². The molecule has 3 aromatic rings. The van der Waals surface area contributed by atoms with Crippen LogP contribution in [-0.4, -0.2) is 27.4 Å². The van der Waals surface area contributed by atoms with Crippen LogP contribution in [0.5, 0.6) is 0 Å². The molecule has 6 heteroatoms. The average molecular weight is 389 g/mol. The third-order valence-electron chi connectivity index (χ3n) is 5.18. The van der Waals surface area contributed by atoms with Crippen molar-refractivity contribution in [2.24, 2.45) is 5.92 Å². The summed E-state index contributed by atoms with van der Waals surface area (Å²) in [7, 11) is 0. The number of nitrogens with zero attached hydrogens (tertiary/aromatic N) is 3. The predicted octanol–water partition coefficient (Wildman–Crippen LogP) is 5.12. The van der Waals surface area contributed by atoms with Gasteiger partial charge in [0.25, 0.3) is 0 Å². The van der Waals surface area contributed by atoms with Gasteiger partial charge in [-0.15, -0.1) is 0 Å². The summed E-state index contributed by atoms with van der Waals surface area (Å²) >= 11 is 12.6. The lowest BCUT2D eigenvalue weighted by atomic mass is 9.99. The number of imidazole rings is 1. The molecule has 3 heterocycles. The zero-order chi connectivity index (χ0) is 18.3. The molecule has 0 unspecified atom stereocenters. The Morgan fingerprint density at radius 3 is 2.65 bits per heavy atom. The van der Waals surface area contributed by atoms with E-state index >= 15 is 0 Å². The van der Waals surface area contributed by atoms with Gasteiger partial charge in [0.15, 0.2) is 0 Å². The highest BCUT2D eigenvalue weighted by atomic mass is 35.5.